The van der Waals surface area contributed by atoms with Crippen LogP contribution in [0.4, 0.5) is 0 Å². The molecule has 0 saturated heterocycles. The second-order valence-corrected chi connectivity index (χ2v) is 8.37. The molecule has 0 radical (unpaired) electrons. The van der Waals surface area contributed by atoms with Gasteiger partial charge < -0.3 is 20.4 Å². The molecule has 0 amide bonds. The van der Waals surface area contributed by atoms with Crippen LogP contribution in [0, 0.1) is 13.8 Å². The molecular formula is C25H19N7O6. The number of rotatable bonds is 6. The molecule has 0 bridgehead atoms. The molecule has 4 N–H and O–H groups in total. The van der Waals surface area contributed by atoms with Crippen molar-refractivity contribution in [2.75, 3.05) is 0 Å². The molecule has 0 unspecified atom stereocenters. The normalized spacial score (nSPS) is 11.0. The van der Waals surface area contributed by atoms with E-state index in [1.54, 1.807) is 0 Å². The first-order valence-electron chi connectivity index (χ1n) is 11.1. The fraction of sp³-hybridized carbons (Fsp3) is 0.0800. The van der Waals surface area contributed by atoms with Crippen molar-refractivity contribution in [2.24, 2.45) is 0 Å². The van der Waals surface area contributed by atoms with Crippen molar-refractivity contribution in [1.82, 2.24) is 35.0 Å². The number of aromatic hydroxyl groups is 2. The Balaban J connectivity index is 1.54. The van der Waals surface area contributed by atoms with Crippen molar-refractivity contribution in [1.29, 1.82) is 0 Å². The molecule has 5 rings (SSSR count). The second kappa shape index (κ2) is 9.13. The second-order valence-electron chi connectivity index (χ2n) is 8.37. The zero-order chi connectivity index (χ0) is 27.1. The Morgan fingerprint density at radius 2 is 1.13 bits per heavy atom. The van der Waals surface area contributed by atoms with Crippen LogP contribution >= 0.6 is 0 Å². The van der Waals surface area contributed by atoms with Crippen molar-refractivity contribution >= 4 is 11.9 Å². The van der Waals surface area contributed by atoms with Crippen molar-refractivity contribution in [3.05, 3.63) is 77.1 Å². The summed E-state index contributed by atoms with van der Waals surface area (Å²) < 4.78 is 2.51. The number of hydrogen-bond acceptors (Lipinski definition) is 9. The van der Waals surface area contributed by atoms with Crippen molar-refractivity contribution in [3.8, 4) is 45.6 Å². The van der Waals surface area contributed by atoms with Gasteiger partial charge in [0.05, 0.1) is 23.8 Å². The Morgan fingerprint density at radius 1 is 0.711 bits per heavy atom. The zero-order valence-corrected chi connectivity index (χ0v) is 19.9. The number of nitrogens with zero attached hydrogens (tertiary/aromatic N) is 7. The highest BCUT2D eigenvalue weighted by molar-refractivity contribution is 5.92. The summed E-state index contributed by atoms with van der Waals surface area (Å²) in [6.45, 7) is 3.68. The van der Waals surface area contributed by atoms with E-state index in [1.165, 1.54) is 58.2 Å². The van der Waals surface area contributed by atoms with E-state index in [0.717, 1.165) is 11.1 Å². The molecule has 13 heteroatoms. The van der Waals surface area contributed by atoms with Crippen molar-refractivity contribution in [3.63, 3.8) is 0 Å². The molecule has 38 heavy (non-hydrogen) atoms. The van der Waals surface area contributed by atoms with E-state index in [-0.39, 0.29) is 22.5 Å². The minimum Gasteiger partial charge on any atom is -0.505 e. The lowest BCUT2D eigenvalue weighted by Crippen LogP contribution is -2.02. The fourth-order valence-electron chi connectivity index (χ4n) is 4.03. The minimum absolute atomic E-state index is 0.139. The first-order chi connectivity index (χ1) is 18.2. The Bertz CT molecular complexity index is 1620. The third kappa shape index (κ3) is 4.07. The molecule has 0 aliphatic heterocycles. The molecule has 0 aliphatic rings. The van der Waals surface area contributed by atoms with Crippen molar-refractivity contribution in [2.45, 2.75) is 13.8 Å². The molecular weight excluding hydrogens is 494 g/mol. The van der Waals surface area contributed by atoms with E-state index in [9.17, 15) is 30.0 Å². The summed E-state index contributed by atoms with van der Waals surface area (Å²) in [4.78, 5) is 27.5. The average molecular weight is 513 g/mol. The van der Waals surface area contributed by atoms with E-state index in [4.69, 9.17) is 4.98 Å². The zero-order valence-electron chi connectivity index (χ0n) is 19.9. The van der Waals surface area contributed by atoms with Gasteiger partial charge in [0, 0.05) is 0 Å². The van der Waals surface area contributed by atoms with Gasteiger partial charge in [-0.3, -0.25) is 0 Å². The van der Waals surface area contributed by atoms with Crippen LogP contribution in [0.25, 0.3) is 34.2 Å². The topological polar surface area (TPSA) is 189 Å². The van der Waals surface area contributed by atoms with E-state index in [0.29, 0.717) is 22.8 Å². The molecule has 0 atom stereocenters. The molecule has 0 saturated carbocycles. The maximum atomic E-state index is 11.4. The summed E-state index contributed by atoms with van der Waals surface area (Å²) in [6.07, 6.45) is 3.03. The molecule has 13 nitrogen and oxygen atoms in total. The van der Waals surface area contributed by atoms with Gasteiger partial charge in [-0.1, -0.05) is 28.6 Å². The SMILES string of the molecule is Cc1cc(C)c(-c2cn(-c3cccc(C(=O)O)c3O)nn2)nc1-c1cn(-c2cccc(C(=O)O)c2O)nn1. The van der Waals surface area contributed by atoms with Gasteiger partial charge >= 0.3 is 11.9 Å². The molecule has 3 heterocycles. The Hall–Kier alpha value is -5.59. The lowest BCUT2D eigenvalue weighted by Gasteiger charge is -2.08. The number of aromatic nitrogens is 7. The monoisotopic (exact) mass is 513 g/mol. The van der Waals surface area contributed by atoms with Gasteiger partial charge in [-0.2, -0.15) is 0 Å². The first kappa shape index (κ1) is 24.1. The third-order valence-electron chi connectivity index (χ3n) is 5.86. The Kier molecular flexibility index (Phi) is 5.79. The number of aryl methyl sites for hydroxylation is 2. The van der Waals surface area contributed by atoms with Crippen LogP contribution < -0.4 is 0 Å². The highest BCUT2D eigenvalue weighted by Gasteiger charge is 2.20. The van der Waals surface area contributed by atoms with Crippen LogP contribution in [0.3, 0.4) is 0 Å². The number of carbonyl (C=O) groups is 2. The predicted octanol–water partition coefficient (Wildman–Crippen LogP) is 3.00. The van der Waals surface area contributed by atoms with Crippen molar-refractivity contribution < 1.29 is 30.0 Å². The molecule has 0 fully saturated rings. The number of para-hydroxylation sites is 2. The minimum atomic E-state index is -1.28. The number of pyridine rings is 1. The summed E-state index contributed by atoms with van der Waals surface area (Å²) in [6, 6.07) is 10.4. The standard InChI is InChI=1S/C25H19N7O6/c1-12-9-13(2)21(17-11-32(30-28-17)19-8-4-6-15(23(19)34)25(37)38)26-20(12)16-10-31(29-27-16)18-7-3-5-14(22(18)33)24(35)36/h3-11,33-34H,1-2H3,(H,35,36)(H,37,38). The summed E-state index contributed by atoms with van der Waals surface area (Å²) in [5.74, 6) is -3.45. The predicted molar refractivity (Wildman–Crippen MR) is 132 cm³/mol. The van der Waals surface area contributed by atoms with Crippen LogP contribution in [-0.2, 0) is 0 Å². The molecule has 3 aromatic heterocycles. The number of aromatic carboxylic acids is 2. The maximum absolute atomic E-state index is 11.4. The number of benzene rings is 2. The lowest BCUT2D eigenvalue weighted by molar-refractivity contribution is 0.0682. The molecule has 2 aromatic carbocycles. The summed E-state index contributed by atoms with van der Waals surface area (Å²) in [7, 11) is 0. The van der Waals surface area contributed by atoms with Crippen LogP contribution in [0.15, 0.2) is 54.9 Å². The van der Waals surface area contributed by atoms with Gasteiger partial charge in [0.25, 0.3) is 0 Å². The van der Waals surface area contributed by atoms with Crippen LogP contribution in [0.2, 0.25) is 0 Å². The summed E-state index contributed by atoms with van der Waals surface area (Å²) in [5, 5.41) is 55.7. The van der Waals surface area contributed by atoms with E-state index in [1.807, 2.05) is 19.9 Å². The Morgan fingerprint density at radius 3 is 1.53 bits per heavy atom. The molecule has 5 aromatic rings. The molecule has 0 spiro atoms. The molecule has 190 valence electrons. The fourth-order valence-corrected chi connectivity index (χ4v) is 4.03. The van der Waals surface area contributed by atoms with E-state index in [2.05, 4.69) is 20.6 Å². The lowest BCUT2D eigenvalue weighted by atomic mass is 10.1. The van der Waals surface area contributed by atoms with Gasteiger partial charge in [-0.15, -0.1) is 10.2 Å². The van der Waals surface area contributed by atoms with E-state index < -0.39 is 23.4 Å². The quantitative estimate of drug-likeness (QED) is 0.261. The first-order valence-corrected chi connectivity index (χ1v) is 11.1. The molecule has 0 aliphatic carbocycles. The number of carboxylic acid groups (broad SMARTS) is 2. The third-order valence-corrected chi connectivity index (χ3v) is 5.86. The van der Waals surface area contributed by atoms with Gasteiger partial charge in [0.1, 0.15) is 33.9 Å². The number of carboxylic acids is 2. The van der Waals surface area contributed by atoms with Crippen LogP contribution in [0.5, 0.6) is 11.5 Å². The van der Waals surface area contributed by atoms with Crippen LogP contribution in [-0.4, -0.2) is 67.3 Å². The maximum Gasteiger partial charge on any atom is 0.339 e. The average Bonchev–Trinajstić information content (AvgIpc) is 3.54. The number of hydrogen-bond donors (Lipinski definition) is 4. The largest absolute Gasteiger partial charge is 0.505 e. The van der Waals surface area contributed by atoms with Gasteiger partial charge in [0.2, 0.25) is 0 Å². The van der Waals surface area contributed by atoms with Gasteiger partial charge in [0.15, 0.2) is 11.5 Å². The summed E-state index contributed by atoms with van der Waals surface area (Å²) >= 11 is 0. The van der Waals surface area contributed by atoms with Crippen LogP contribution in [0.1, 0.15) is 31.8 Å². The highest BCUT2D eigenvalue weighted by Crippen LogP contribution is 2.31. The highest BCUT2D eigenvalue weighted by atomic mass is 16.4. The smallest absolute Gasteiger partial charge is 0.339 e. The van der Waals surface area contributed by atoms with Gasteiger partial charge in [-0.05, 0) is 49.2 Å². The van der Waals surface area contributed by atoms with E-state index >= 15 is 0 Å². The Labute approximate surface area is 213 Å². The summed E-state index contributed by atoms with van der Waals surface area (Å²) in [5.41, 5.74) is 2.96. The number of phenols is 2. The van der Waals surface area contributed by atoms with Gasteiger partial charge in [-0.25, -0.2) is 23.9 Å².